The number of benzene rings is 2. The normalized spacial score (nSPS) is 17.0. The Morgan fingerprint density at radius 3 is 2.17 bits per heavy atom. The average Bonchev–Trinajstić information content (AvgIpc) is 2.86. The highest BCUT2D eigenvalue weighted by Crippen LogP contribution is 2.33. The zero-order valence-corrected chi connectivity index (χ0v) is 20.0. The van der Waals surface area contributed by atoms with Crippen molar-refractivity contribution in [2.75, 3.05) is 46.5 Å². The average molecular weight is 517 g/mol. The van der Waals surface area contributed by atoms with Crippen molar-refractivity contribution in [3.63, 3.8) is 0 Å². The number of likely N-dealkylation sites (tertiary alicyclic amines) is 1. The Kier molecular flexibility index (Phi) is 10.2. The van der Waals surface area contributed by atoms with Crippen LogP contribution in [0, 0.1) is 5.82 Å². The van der Waals surface area contributed by atoms with Crippen LogP contribution < -0.4 is 19.5 Å². The van der Waals surface area contributed by atoms with Gasteiger partial charge in [0, 0.05) is 19.1 Å². The summed E-state index contributed by atoms with van der Waals surface area (Å²) in [5, 5.41) is 23.8. The third kappa shape index (κ3) is 8.81. The minimum absolute atomic E-state index is 0.153. The highest BCUT2D eigenvalue weighted by atomic mass is 19.4. The first-order chi connectivity index (χ1) is 17.1. The van der Waals surface area contributed by atoms with Crippen LogP contribution in [0.25, 0.3) is 0 Å². The van der Waals surface area contributed by atoms with Crippen LogP contribution in [0.5, 0.6) is 17.2 Å². The molecule has 2 aromatic carbocycles. The molecule has 0 unspecified atom stereocenters. The number of ether oxygens (including phenoxy) is 3. The lowest BCUT2D eigenvalue weighted by Gasteiger charge is -2.33. The number of alkyl halides is 3. The van der Waals surface area contributed by atoms with Gasteiger partial charge in [-0.25, -0.2) is 4.39 Å². The summed E-state index contributed by atoms with van der Waals surface area (Å²) in [5.74, 6) is -0.154. The minimum Gasteiger partial charge on any atom is -0.497 e. The van der Waals surface area contributed by atoms with Crippen LogP contribution >= 0.6 is 0 Å². The molecule has 1 saturated heterocycles. The van der Waals surface area contributed by atoms with E-state index in [1.165, 1.54) is 0 Å². The lowest BCUT2D eigenvalue weighted by atomic mass is 10.0. The van der Waals surface area contributed by atoms with E-state index in [0.29, 0.717) is 44.1 Å². The van der Waals surface area contributed by atoms with Crippen LogP contribution in [0.2, 0.25) is 0 Å². The molecule has 1 aliphatic heterocycles. The summed E-state index contributed by atoms with van der Waals surface area (Å²) in [7, 11) is 1.58. The maximum atomic E-state index is 13.4. The maximum Gasteiger partial charge on any atom is 0.419 e. The highest BCUT2D eigenvalue weighted by Gasteiger charge is 2.34. The molecule has 0 aliphatic carbocycles. The predicted octanol–water partition coefficient (Wildman–Crippen LogP) is 3.09. The number of aliphatic hydroxyl groups excluding tert-OH is 2. The number of aliphatic hydroxyl groups is 2. The number of hydrogen-bond acceptors (Lipinski definition) is 7. The fraction of sp³-hybridized carbons (Fsp3) is 0.520. The standard InChI is InChI=1S/C25H32F4N2O5/c1-34-20-2-4-21(5-3-20)35-15-18(32)13-30-17-8-10-31(11-9-17)14-19(33)16-36-22-6-7-24(26)23(12-22)25(27,28)29/h2-7,12,17-19,30,32-33H,8-11,13-16H2,1H3/t18-,19-/m1/s1. The van der Waals surface area contributed by atoms with Gasteiger partial charge in [-0.1, -0.05) is 0 Å². The number of halogens is 4. The molecular weight excluding hydrogens is 484 g/mol. The molecule has 1 aliphatic rings. The minimum atomic E-state index is -4.82. The van der Waals surface area contributed by atoms with Gasteiger partial charge in [0.2, 0.25) is 0 Å². The van der Waals surface area contributed by atoms with E-state index in [1.807, 2.05) is 4.90 Å². The number of nitrogens with zero attached hydrogens (tertiary/aromatic N) is 1. The molecule has 1 heterocycles. The zero-order valence-electron chi connectivity index (χ0n) is 20.0. The van der Waals surface area contributed by atoms with Crippen molar-refractivity contribution >= 4 is 0 Å². The molecule has 36 heavy (non-hydrogen) atoms. The fourth-order valence-electron chi connectivity index (χ4n) is 3.90. The molecule has 0 spiro atoms. The van der Waals surface area contributed by atoms with Crippen molar-refractivity contribution in [1.82, 2.24) is 10.2 Å². The molecule has 2 atom stereocenters. The molecule has 0 radical (unpaired) electrons. The third-order valence-corrected chi connectivity index (χ3v) is 5.89. The smallest absolute Gasteiger partial charge is 0.419 e. The summed E-state index contributed by atoms with van der Waals surface area (Å²) in [6.07, 6.45) is -4.78. The summed E-state index contributed by atoms with van der Waals surface area (Å²) in [6.45, 7) is 2.06. The van der Waals surface area contributed by atoms with E-state index in [0.717, 1.165) is 24.7 Å². The number of rotatable bonds is 12. The number of hydrogen-bond donors (Lipinski definition) is 3. The Morgan fingerprint density at radius 1 is 0.944 bits per heavy atom. The SMILES string of the molecule is COc1ccc(OC[C@H](O)CNC2CCN(C[C@@H](O)COc3ccc(F)c(C(F)(F)F)c3)CC2)cc1. The Morgan fingerprint density at radius 2 is 1.53 bits per heavy atom. The van der Waals surface area contributed by atoms with Crippen molar-refractivity contribution in [1.29, 1.82) is 0 Å². The predicted molar refractivity (Wildman–Crippen MR) is 125 cm³/mol. The number of methoxy groups -OCH3 is 1. The van der Waals surface area contributed by atoms with Gasteiger partial charge in [-0.3, -0.25) is 0 Å². The van der Waals surface area contributed by atoms with Crippen LogP contribution in [0.1, 0.15) is 18.4 Å². The van der Waals surface area contributed by atoms with Crippen molar-refractivity contribution in [2.45, 2.75) is 37.3 Å². The van der Waals surface area contributed by atoms with Gasteiger partial charge >= 0.3 is 6.18 Å². The Labute approximate surface area is 207 Å². The second-order valence-corrected chi connectivity index (χ2v) is 8.73. The van der Waals surface area contributed by atoms with Gasteiger partial charge in [0.25, 0.3) is 0 Å². The van der Waals surface area contributed by atoms with Crippen LogP contribution in [0.4, 0.5) is 17.6 Å². The number of piperidine rings is 1. The second kappa shape index (κ2) is 13.1. The first-order valence-electron chi connectivity index (χ1n) is 11.7. The first-order valence-corrected chi connectivity index (χ1v) is 11.7. The van der Waals surface area contributed by atoms with Crippen LogP contribution in [-0.4, -0.2) is 79.9 Å². The molecule has 0 aromatic heterocycles. The zero-order chi connectivity index (χ0) is 26.1. The van der Waals surface area contributed by atoms with Crippen molar-refractivity contribution in [3.8, 4) is 17.2 Å². The summed E-state index contributed by atoms with van der Waals surface area (Å²) in [6, 6.07) is 9.71. The van der Waals surface area contributed by atoms with E-state index in [9.17, 15) is 27.8 Å². The van der Waals surface area contributed by atoms with Crippen molar-refractivity contribution in [3.05, 3.63) is 53.8 Å². The molecule has 3 rings (SSSR count). The first kappa shape index (κ1) is 28.0. The van der Waals surface area contributed by atoms with E-state index in [1.54, 1.807) is 31.4 Å². The fourth-order valence-corrected chi connectivity index (χ4v) is 3.90. The molecule has 200 valence electrons. The molecular formula is C25H32F4N2O5. The van der Waals surface area contributed by atoms with Gasteiger partial charge < -0.3 is 34.6 Å². The van der Waals surface area contributed by atoms with Crippen molar-refractivity contribution < 1.29 is 42.0 Å². The van der Waals surface area contributed by atoms with E-state index in [-0.39, 0.29) is 25.0 Å². The van der Waals surface area contributed by atoms with E-state index >= 15 is 0 Å². The molecule has 0 bridgehead atoms. The van der Waals surface area contributed by atoms with Gasteiger partial charge in [-0.2, -0.15) is 13.2 Å². The Balaban J connectivity index is 1.31. The Hall–Kier alpha value is -2.60. The van der Waals surface area contributed by atoms with Gasteiger partial charge in [0.15, 0.2) is 0 Å². The van der Waals surface area contributed by atoms with E-state index in [2.05, 4.69) is 5.32 Å². The monoisotopic (exact) mass is 516 g/mol. The quantitative estimate of drug-likeness (QED) is 0.374. The van der Waals surface area contributed by atoms with Crippen LogP contribution in [0.3, 0.4) is 0 Å². The summed E-state index contributed by atoms with van der Waals surface area (Å²) >= 11 is 0. The molecule has 7 nitrogen and oxygen atoms in total. The highest BCUT2D eigenvalue weighted by molar-refractivity contribution is 5.32. The Bertz CT molecular complexity index is 937. The molecule has 0 saturated carbocycles. The maximum absolute atomic E-state index is 13.4. The summed E-state index contributed by atoms with van der Waals surface area (Å²) < 4.78 is 67.8. The number of β-amino-alcohol motifs (C(OH)–C–C–N with tert-alkyl or cyclic N) is 1. The van der Waals surface area contributed by atoms with Gasteiger partial charge in [0.05, 0.1) is 12.7 Å². The van der Waals surface area contributed by atoms with Gasteiger partial charge in [-0.15, -0.1) is 0 Å². The van der Waals surface area contributed by atoms with Crippen LogP contribution in [0.15, 0.2) is 42.5 Å². The topological polar surface area (TPSA) is 83.4 Å². The number of nitrogens with one attached hydrogen (secondary N) is 1. The largest absolute Gasteiger partial charge is 0.497 e. The molecule has 2 aromatic rings. The summed E-state index contributed by atoms with van der Waals surface area (Å²) in [5.41, 5.74) is -1.40. The van der Waals surface area contributed by atoms with Gasteiger partial charge in [-0.05, 0) is 68.4 Å². The van der Waals surface area contributed by atoms with Gasteiger partial charge in [0.1, 0.15) is 48.5 Å². The molecule has 1 fully saturated rings. The van der Waals surface area contributed by atoms with E-state index < -0.39 is 29.8 Å². The van der Waals surface area contributed by atoms with Crippen molar-refractivity contribution in [2.24, 2.45) is 0 Å². The van der Waals surface area contributed by atoms with E-state index in [4.69, 9.17) is 14.2 Å². The van der Waals surface area contributed by atoms with Crippen LogP contribution in [-0.2, 0) is 6.18 Å². The summed E-state index contributed by atoms with van der Waals surface area (Å²) in [4.78, 5) is 2.04. The molecule has 3 N–H and O–H groups in total. The lowest BCUT2D eigenvalue weighted by Crippen LogP contribution is -2.47. The molecule has 0 amide bonds. The molecule has 11 heteroatoms. The second-order valence-electron chi connectivity index (χ2n) is 8.73. The third-order valence-electron chi connectivity index (χ3n) is 5.89. The lowest BCUT2D eigenvalue weighted by molar-refractivity contribution is -0.140.